The van der Waals surface area contributed by atoms with Crippen LogP contribution in [0.25, 0.3) is 4.91 Å². The van der Waals surface area contributed by atoms with E-state index < -0.39 is 0 Å². The van der Waals surface area contributed by atoms with Gasteiger partial charge in [-0.1, -0.05) is 42.9 Å². The van der Waals surface area contributed by atoms with Gasteiger partial charge < -0.3 is 0 Å². The lowest BCUT2D eigenvalue weighted by molar-refractivity contribution is 0.787. The molecule has 1 aromatic carbocycles. The Morgan fingerprint density at radius 3 is 2.65 bits per heavy atom. The molecule has 1 aliphatic rings. The van der Waals surface area contributed by atoms with Crippen molar-refractivity contribution in [3.63, 3.8) is 0 Å². The Hall–Kier alpha value is -0.660. The Kier molecular flexibility index (Phi) is 3.70. The third kappa shape index (κ3) is 2.78. The summed E-state index contributed by atoms with van der Waals surface area (Å²) >= 11 is 7.87. The summed E-state index contributed by atoms with van der Waals surface area (Å²) in [5.74, 6) is 0. The first-order chi connectivity index (χ1) is 8.09. The van der Waals surface area contributed by atoms with Crippen molar-refractivity contribution in [3.8, 4) is 0 Å². The van der Waals surface area contributed by atoms with Crippen LogP contribution in [0, 0.1) is 0 Å². The fraction of sp³-hybridized carbons (Fsp3) is 0.333. The van der Waals surface area contributed by atoms with Gasteiger partial charge in [0.15, 0.2) is 0 Å². The molecule has 0 nitrogen and oxygen atoms in total. The van der Waals surface area contributed by atoms with E-state index in [9.17, 15) is 0 Å². The van der Waals surface area contributed by atoms with Crippen LogP contribution in [0.1, 0.15) is 37.8 Å². The Morgan fingerprint density at radius 1 is 1.41 bits per heavy atom. The molecule has 0 aliphatic heterocycles. The fourth-order valence-electron chi connectivity index (χ4n) is 1.95. The summed E-state index contributed by atoms with van der Waals surface area (Å²) in [7, 11) is 0. The Labute approximate surface area is 113 Å². The first-order valence-corrected chi connectivity index (χ1v) is 7.10. The molecule has 0 atom stereocenters. The molecule has 0 aromatic heterocycles. The van der Waals surface area contributed by atoms with Gasteiger partial charge in [0.2, 0.25) is 0 Å². The van der Waals surface area contributed by atoms with Gasteiger partial charge in [-0.3, -0.25) is 0 Å². The number of hydrogen-bond acceptors (Lipinski definition) is 1. The molecule has 1 aliphatic carbocycles. The Morgan fingerprint density at radius 2 is 2.12 bits per heavy atom. The Bertz CT molecular complexity index is 470. The third-order valence-corrected chi connectivity index (χ3v) is 4.46. The summed E-state index contributed by atoms with van der Waals surface area (Å²) in [6, 6.07) is 6.40. The number of benzene rings is 1. The average molecular weight is 265 g/mol. The molecule has 17 heavy (non-hydrogen) atoms. The molecule has 0 unspecified atom stereocenters. The van der Waals surface area contributed by atoms with Crippen LogP contribution in [0.15, 0.2) is 36.3 Å². The van der Waals surface area contributed by atoms with E-state index >= 15 is 0 Å². The molecule has 0 spiro atoms. The monoisotopic (exact) mass is 264 g/mol. The van der Waals surface area contributed by atoms with Crippen molar-refractivity contribution < 1.29 is 0 Å². The molecule has 0 heterocycles. The SMILES string of the molecule is C=CS/C(=C\C)c1cc(Cl)cc(C2(C)CC2)c1. The summed E-state index contributed by atoms with van der Waals surface area (Å²) in [4.78, 5) is 1.22. The molecule has 1 saturated carbocycles. The van der Waals surface area contributed by atoms with Crippen LogP contribution in [-0.4, -0.2) is 0 Å². The second-order valence-electron chi connectivity index (χ2n) is 4.73. The third-order valence-electron chi connectivity index (χ3n) is 3.35. The van der Waals surface area contributed by atoms with Crippen LogP contribution >= 0.6 is 23.4 Å². The van der Waals surface area contributed by atoms with Gasteiger partial charge in [-0.05, 0) is 59.9 Å². The van der Waals surface area contributed by atoms with Crippen molar-refractivity contribution in [1.29, 1.82) is 0 Å². The maximum atomic E-state index is 6.22. The molecule has 0 radical (unpaired) electrons. The van der Waals surface area contributed by atoms with Gasteiger partial charge in [-0.2, -0.15) is 0 Å². The maximum Gasteiger partial charge on any atom is 0.0415 e. The molecule has 2 rings (SSSR count). The zero-order valence-corrected chi connectivity index (χ0v) is 11.9. The minimum absolute atomic E-state index is 0.358. The minimum atomic E-state index is 0.358. The van der Waals surface area contributed by atoms with Crippen LogP contribution in [0.4, 0.5) is 0 Å². The number of thioether (sulfide) groups is 1. The summed E-state index contributed by atoms with van der Waals surface area (Å²) in [6.07, 6.45) is 4.65. The van der Waals surface area contributed by atoms with Crippen molar-refractivity contribution in [2.24, 2.45) is 0 Å². The lowest BCUT2D eigenvalue weighted by Gasteiger charge is -2.13. The molecule has 90 valence electrons. The highest BCUT2D eigenvalue weighted by Crippen LogP contribution is 2.49. The normalized spacial score (nSPS) is 17.9. The van der Waals surface area contributed by atoms with Gasteiger partial charge in [-0.15, -0.1) is 0 Å². The summed E-state index contributed by atoms with van der Waals surface area (Å²) < 4.78 is 0. The van der Waals surface area contributed by atoms with E-state index in [1.807, 2.05) is 18.4 Å². The van der Waals surface area contributed by atoms with E-state index in [-0.39, 0.29) is 0 Å². The van der Waals surface area contributed by atoms with Gasteiger partial charge in [0.05, 0.1) is 0 Å². The zero-order valence-electron chi connectivity index (χ0n) is 10.3. The van der Waals surface area contributed by atoms with Crippen LogP contribution in [0.5, 0.6) is 0 Å². The molecular weight excluding hydrogens is 248 g/mol. The van der Waals surface area contributed by atoms with Crippen molar-refractivity contribution in [3.05, 3.63) is 52.4 Å². The fourth-order valence-corrected chi connectivity index (χ4v) is 2.75. The number of allylic oxidation sites excluding steroid dienone is 1. The highest BCUT2D eigenvalue weighted by Gasteiger charge is 2.39. The van der Waals surface area contributed by atoms with Crippen molar-refractivity contribution in [2.45, 2.75) is 32.1 Å². The van der Waals surface area contributed by atoms with Gasteiger partial charge in [0.25, 0.3) is 0 Å². The first-order valence-electron chi connectivity index (χ1n) is 5.84. The minimum Gasteiger partial charge on any atom is -0.0984 e. The van der Waals surface area contributed by atoms with Crippen molar-refractivity contribution >= 4 is 28.3 Å². The quantitative estimate of drug-likeness (QED) is 0.679. The highest BCUT2D eigenvalue weighted by molar-refractivity contribution is 8.10. The molecule has 0 amide bonds. The van der Waals surface area contributed by atoms with Crippen LogP contribution in [0.2, 0.25) is 5.02 Å². The van der Waals surface area contributed by atoms with E-state index in [4.69, 9.17) is 11.6 Å². The Balaban J connectivity index is 2.41. The lowest BCUT2D eigenvalue weighted by Crippen LogP contribution is -2.00. The van der Waals surface area contributed by atoms with Gasteiger partial charge in [-0.25, -0.2) is 0 Å². The summed E-state index contributed by atoms with van der Waals surface area (Å²) in [5, 5.41) is 2.68. The first kappa shape index (κ1) is 12.8. The second-order valence-corrected chi connectivity index (χ2v) is 6.17. The predicted octanol–water partition coefficient (Wildman–Crippen LogP) is 5.63. The zero-order chi connectivity index (χ0) is 12.5. The van der Waals surface area contributed by atoms with E-state index in [0.717, 1.165) is 5.02 Å². The van der Waals surface area contributed by atoms with Gasteiger partial charge >= 0.3 is 0 Å². The molecular formula is C15H17ClS. The van der Waals surface area contributed by atoms with Crippen molar-refractivity contribution in [1.82, 2.24) is 0 Å². The smallest absolute Gasteiger partial charge is 0.0415 e. The molecule has 2 heteroatoms. The number of rotatable bonds is 4. The predicted molar refractivity (Wildman–Crippen MR) is 79.5 cm³/mol. The molecule has 0 bridgehead atoms. The van der Waals surface area contributed by atoms with Crippen molar-refractivity contribution in [2.75, 3.05) is 0 Å². The van der Waals surface area contributed by atoms with Gasteiger partial charge in [0.1, 0.15) is 0 Å². The molecule has 0 saturated heterocycles. The molecule has 1 aromatic rings. The summed E-state index contributed by atoms with van der Waals surface area (Å²) in [6.45, 7) is 8.12. The standard InChI is InChI=1S/C15H17ClS/c1-4-14(17-5-2)11-8-12(10-13(16)9-11)15(3)6-7-15/h4-5,8-10H,2,6-7H2,1,3H3/b14-4-. The molecule has 1 fully saturated rings. The lowest BCUT2D eigenvalue weighted by atomic mass is 9.96. The van der Waals surface area contributed by atoms with Crippen LogP contribution in [0.3, 0.4) is 0 Å². The topological polar surface area (TPSA) is 0 Å². The largest absolute Gasteiger partial charge is 0.0984 e. The van der Waals surface area contributed by atoms with E-state index in [1.165, 1.54) is 28.9 Å². The average Bonchev–Trinajstić information content (AvgIpc) is 3.05. The number of halogens is 1. The second kappa shape index (κ2) is 4.91. The highest BCUT2D eigenvalue weighted by atomic mass is 35.5. The number of hydrogen-bond donors (Lipinski definition) is 0. The van der Waals surface area contributed by atoms with E-state index in [1.54, 1.807) is 11.8 Å². The molecule has 0 N–H and O–H groups in total. The van der Waals surface area contributed by atoms with E-state index in [2.05, 4.69) is 31.7 Å². The summed E-state index contributed by atoms with van der Waals surface area (Å²) in [5.41, 5.74) is 2.93. The van der Waals surface area contributed by atoms with E-state index in [0.29, 0.717) is 5.41 Å². The van der Waals surface area contributed by atoms with Crippen LogP contribution < -0.4 is 0 Å². The van der Waals surface area contributed by atoms with Crippen LogP contribution in [-0.2, 0) is 5.41 Å². The maximum absolute atomic E-state index is 6.22. The van der Waals surface area contributed by atoms with Gasteiger partial charge in [0, 0.05) is 9.93 Å².